The normalized spacial score (nSPS) is 13.8. The van der Waals surface area contributed by atoms with Gasteiger partial charge in [-0.25, -0.2) is 0 Å². The molecule has 1 aromatic carbocycles. The Morgan fingerprint density at radius 3 is 2.65 bits per heavy atom. The van der Waals surface area contributed by atoms with Gasteiger partial charge in [-0.2, -0.15) is 5.26 Å². The molecular weight excluding hydrogens is 222 g/mol. The number of methoxy groups -OCH3 is 1. The summed E-state index contributed by atoms with van der Waals surface area (Å²) < 4.78 is 5.05. The molecule has 3 N–H and O–H groups in total. The monoisotopic (exact) mass is 237 g/mol. The third-order valence-corrected chi connectivity index (χ3v) is 2.47. The lowest BCUT2D eigenvalue weighted by molar-refractivity contribution is 0.00303. The zero-order chi connectivity index (χ0) is 12.8. The molecule has 0 spiro atoms. The number of rotatable bonds is 5. The number of hydrogen-bond acceptors (Lipinski definition) is 5. The van der Waals surface area contributed by atoms with Crippen molar-refractivity contribution in [2.45, 2.75) is 18.6 Å². The highest BCUT2D eigenvalue weighted by Gasteiger charge is 2.21. The third kappa shape index (κ3) is 3.17. The van der Waals surface area contributed by atoms with Crippen molar-refractivity contribution in [2.75, 3.05) is 13.7 Å². The highest BCUT2D eigenvalue weighted by atomic mass is 16.5. The van der Waals surface area contributed by atoms with E-state index in [1.54, 1.807) is 12.1 Å². The number of nitriles is 1. The van der Waals surface area contributed by atoms with Crippen molar-refractivity contribution >= 4 is 0 Å². The van der Waals surface area contributed by atoms with Crippen LogP contribution in [-0.4, -0.2) is 35.1 Å². The maximum atomic E-state index is 9.90. The quantitative estimate of drug-likeness (QED) is 0.686. The highest BCUT2D eigenvalue weighted by Crippen LogP contribution is 2.29. The average molecular weight is 237 g/mol. The smallest absolute Gasteiger partial charge is 0.124 e. The number of ether oxygens (including phenoxy) is 1. The number of nitrogens with zero attached hydrogens (tertiary/aromatic N) is 1. The van der Waals surface area contributed by atoms with Crippen molar-refractivity contribution in [3.05, 3.63) is 29.3 Å². The first-order chi connectivity index (χ1) is 8.13. The topological polar surface area (TPSA) is 93.7 Å². The van der Waals surface area contributed by atoms with Crippen molar-refractivity contribution in [3.8, 4) is 11.8 Å². The van der Waals surface area contributed by atoms with Crippen LogP contribution in [0.25, 0.3) is 0 Å². The second-order valence-electron chi connectivity index (χ2n) is 3.59. The Bertz CT molecular complexity index is 413. The Morgan fingerprint density at radius 2 is 2.12 bits per heavy atom. The van der Waals surface area contributed by atoms with E-state index < -0.39 is 12.2 Å². The maximum absolute atomic E-state index is 9.90. The van der Waals surface area contributed by atoms with Crippen LogP contribution in [0.15, 0.2) is 18.2 Å². The minimum atomic E-state index is -1.19. The molecule has 0 saturated carbocycles. The maximum Gasteiger partial charge on any atom is 0.124 e. The molecule has 0 aliphatic carbocycles. The first kappa shape index (κ1) is 13.5. The molecule has 0 aliphatic heterocycles. The Labute approximate surface area is 99.5 Å². The fourth-order valence-corrected chi connectivity index (χ4v) is 1.53. The molecule has 0 radical (unpaired) electrons. The molecule has 2 unspecified atom stereocenters. The van der Waals surface area contributed by atoms with E-state index in [0.717, 1.165) is 0 Å². The molecule has 5 nitrogen and oxygen atoms in total. The van der Waals surface area contributed by atoms with Gasteiger partial charge in [0.15, 0.2) is 0 Å². The lowest BCUT2D eigenvalue weighted by Crippen LogP contribution is -2.20. The summed E-state index contributed by atoms with van der Waals surface area (Å²) >= 11 is 0. The fourth-order valence-electron chi connectivity index (χ4n) is 1.53. The Kier molecular flexibility index (Phi) is 4.91. The van der Waals surface area contributed by atoms with E-state index in [9.17, 15) is 10.2 Å². The molecular formula is C12H15NO4. The Hall–Kier alpha value is -1.61. The van der Waals surface area contributed by atoms with Crippen LogP contribution in [0.3, 0.4) is 0 Å². The molecule has 0 amide bonds. The van der Waals surface area contributed by atoms with Gasteiger partial charge in [0.1, 0.15) is 11.9 Å². The van der Waals surface area contributed by atoms with Gasteiger partial charge < -0.3 is 20.1 Å². The van der Waals surface area contributed by atoms with Gasteiger partial charge in [-0.1, -0.05) is 0 Å². The SMILES string of the molecule is COc1ccc(C#N)cc1C(O)C(O)CCO. The molecule has 0 aliphatic rings. The molecule has 0 bridgehead atoms. The summed E-state index contributed by atoms with van der Waals surface area (Å²) in [4.78, 5) is 0. The van der Waals surface area contributed by atoms with Crippen LogP contribution >= 0.6 is 0 Å². The van der Waals surface area contributed by atoms with E-state index in [2.05, 4.69) is 0 Å². The van der Waals surface area contributed by atoms with Crippen LogP contribution in [0.2, 0.25) is 0 Å². The molecule has 0 heterocycles. The summed E-state index contributed by atoms with van der Waals surface area (Å²) in [6.45, 7) is -0.224. The summed E-state index contributed by atoms with van der Waals surface area (Å²) in [5.41, 5.74) is 0.712. The predicted molar refractivity (Wildman–Crippen MR) is 60.4 cm³/mol. The molecule has 0 fully saturated rings. The Morgan fingerprint density at radius 1 is 1.41 bits per heavy atom. The number of aliphatic hydroxyl groups is 3. The van der Waals surface area contributed by atoms with Crippen molar-refractivity contribution in [2.24, 2.45) is 0 Å². The largest absolute Gasteiger partial charge is 0.496 e. The van der Waals surface area contributed by atoms with Crippen LogP contribution in [0, 0.1) is 11.3 Å². The molecule has 5 heteroatoms. The van der Waals surface area contributed by atoms with Gasteiger partial charge in [-0.3, -0.25) is 0 Å². The van der Waals surface area contributed by atoms with Crippen LogP contribution in [0.4, 0.5) is 0 Å². The first-order valence-corrected chi connectivity index (χ1v) is 5.19. The van der Waals surface area contributed by atoms with Gasteiger partial charge in [0.2, 0.25) is 0 Å². The fraction of sp³-hybridized carbons (Fsp3) is 0.417. The van der Waals surface area contributed by atoms with E-state index in [1.807, 2.05) is 6.07 Å². The van der Waals surface area contributed by atoms with Gasteiger partial charge >= 0.3 is 0 Å². The summed E-state index contributed by atoms with van der Waals surface area (Å²) in [5.74, 6) is 0.397. The van der Waals surface area contributed by atoms with Gasteiger partial charge in [-0.15, -0.1) is 0 Å². The van der Waals surface area contributed by atoms with Crippen molar-refractivity contribution in [3.63, 3.8) is 0 Å². The van der Waals surface area contributed by atoms with E-state index in [0.29, 0.717) is 16.9 Å². The van der Waals surface area contributed by atoms with E-state index >= 15 is 0 Å². The first-order valence-electron chi connectivity index (χ1n) is 5.19. The average Bonchev–Trinajstić information content (AvgIpc) is 2.37. The van der Waals surface area contributed by atoms with E-state index in [4.69, 9.17) is 15.1 Å². The lowest BCUT2D eigenvalue weighted by atomic mass is 9.99. The molecule has 1 rings (SSSR count). The molecule has 17 heavy (non-hydrogen) atoms. The highest BCUT2D eigenvalue weighted by molar-refractivity contribution is 5.43. The van der Waals surface area contributed by atoms with Crippen molar-refractivity contribution < 1.29 is 20.1 Å². The standard InChI is InChI=1S/C12H15NO4/c1-17-11-3-2-8(7-13)6-9(11)12(16)10(15)4-5-14/h2-3,6,10,12,14-16H,4-5H2,1H3. The third-order valence-electron chi connectivity index (χ3n) is 2.47. The van der Waals surface area contributed by atoms with E-state index in [-0.39, 0.29) is 13.0 Å². The molecule has 0 aromatic heterocycles. The van der Waals surface area contributed by atoms with Gasteiger partial charge in [0.25, 0.3) is 0 Å². The summed E-state index contributed by atoms with van der Waals surface area (Å²) in [6, 6.07) is 6.53. The molecule has 2 atom stereocenters. The zero-order valence-corrected chi connectivity index (χ0v) is 9.50. The van der Waals surface area contributed by atoms with Crippen LogP contribution < -0.4 is 4.74 Å². The zero-order valence-electron chi connectivity index (χ0n) is 9.50. The van der Waals surface area contributed by atoms with Gasteiger partial charge in [0.05, 0.1) is 24.8 Å². The molecule has 1 aromatic rings. The van der Waals surface area contributed by atoms with E-state index in [1.165, 1.54) is 13.2 Å². The predicted octanol–water partition coefficient (Wildman–Crippen LogP) is 0.344. The minimum Gasteiger partial charge on any atom is -0.496 e. The summed E-state index contributed by atoms with van der Waals surface area (Å²) in [7, 11) is 1.44. The molecule has 0 saturated heterocycles. The summed E-state index contributed by atoms with van der Waals surface area (Å²) in [5, 5.41) is 37.0. The van der Waals surface area contributed by atoms with Crippen LogP contribution in [-0.2, 0) is 0 Å². The van der Waals surface area contributed by atoms with Gasteiger partial charge in [-0.05, 0) is 24.6 Å². The van der Waals surface area contributed by atoms with Gasteiger partial charge in [0, 0.05) is 12.2 Å². The Balaban J connectivity index is 3.05. The summed E-state index contributed by atoms with van der Waals surface area (Å²) in [6.07, 6.45) is -2.23. The van der Waals surface area contributed by atoms with Crippen LogP contribution in [0.1, 0.15) is 23.7 Å². The van der Waals surface area contributed by atoms with Crippen molar-refractivity contribution in [1.82, 2.24) is 0 Å². The second kappa shape index (κ2) is 6.21. The minimum absolute atomic E-state index is 0.0566. The second-order valence-corrected chi connectivity index (χ2v) is 3.59. The van der Waals surface area contributed by atoms with Crippen LogP contribution in [0.5, 0.6) is 5.75 Å². The number of hydrogen-bond donors (Lipinski definition) is 3. The number of benzene rings is 1. The lowest BCUT2D eigenvalue weighted by Gasteiger charge is -2.19. The van der Waals surface area contributed by atoms with Crippen molar-refractivity contribution in [1.29, 1.82) is 5.26 Å². The molecule has 92 valence electrons. The number of aliphatic hydroxyl groups excluding tert-OH is 3.